The number of rotatable bonds is 6. The third-order valence-electron chi connectivity index (χ3n) is 3.71. The molecule has 0 radical (unpaired) electrons. The standard InChI is InChI=1S/C16H22N2O3S/c1-13-5-4-6-14(2)16(13)12-22(19,20)17-11-15(3)18-7-9-21-10-8-18/h4-10,15,17H,11-12H2,1-3H3. The van der Waals surface area contributed by atoms with Gasteiger partial charge in [0.25, 0.3) is 0 Å². The van der Waals surface area contributed by atoms with Crippen molar-refractivity contribution in [2.45, 2.75) is 32.6 Å². The fraction of sp³-hybridized carbons (Fsp3) is 0.375. The fourth-order valence-electron chi connectivity index (χ4n) is 2.27. The fourth-order valence-corrected chi connectivity index (χ4v) is 3.70. The summed E-state index contributed by atoms with van der Waals surface area (Å²) in [5.41, 5.74) is 2.86. The Morgan fingerprint density at radius 3 is 2.36 bits per heavy atom. The predicted molar refractivity (Wildman–Crippen MR) is 87.2 cm³/mol. The first-order valence-electron chi connectivity index (χ1n) is 7.18. The summed E-state index contributed by atoms with van der Waals surface area (Å²) in [7, 11) is -3.37. The summed E-state index contributed by atoms with van der Waals surface area (Å²) in [5.74, 6) is 0.00696. The average molecular weight is 322 g/mol. The molecular weight excluding hydrogens is 300 g/mol. The minimum Gasteiger partial charge on any atom is -0.470 e. The summed E-state index contributed by atoms with van der Waals surface area (Å²) in [4.78, 5) is 1.89. The predicted octanol–water partition coefficient (Wildman–Crippen LogP) is 2.39. The van der Waals surface area contributed by atoms with Gasteiger partial charge >= 0.3 is 0 Å². The van der Waals surface area contributed by atoms with Gasteiger partial charge in [0, 0.05) is 25.0 Å². The molecule has 2 rings (SSSR count). The third-order valence-corrected chi connectivity index (χ3v) is 4.98. The van der Waals surface area contributed by atoms with Gasteiger partial charge in [-0.15, -0.1) is 0 Å². The smallest absolute Gasteiger partial charge is 0.215 e. The number of benzene rings is 1. The third kappa shape index (κ3) is 4.35. The molecule has 0 saturated carbocycles. The average Bonchev–Trinajstić information content (AvgIpc) is 2.50. The largest absolute Gasteiger partial charge is 0.470 e. The van der Waals surface area contributed by atoms with E-state index in [4.69, 9.17) is 4.74 Å². The maximum Gasteiger partial charge on any atom is 0.215 e. The Balaban J connectivity index is 1.98. The molecule has 0 fully saturated rings. The van der Waals surface area contributed by atoms with Gasteiger partial charge in [-0.1, -0.05) is 18.2 Å². The van der Waals surface area contributed by atoms with Crippen molar-refractivity contribution in [1.82, 2.24) is 9.62 Å². The monoisotopic (exact) mass is 322 g/mol. The Labute approximate surface area is 132 Å². The molecule has 1 aliphatic rings. The Morgan fingerprint density at radius 1 is 1.18 bits per heavy atom. The highest BCUT2D eigenvalue weighted by Crippen LogP contribution is 2.16. The van der Waals surface area contributed by atoms with Crippen molar-refractivity contribution < 1.29 is 13.2 Å². The van der Waals surface area contributed by atoms with Crippen LogP contribution in [-0.2, 0) is 20.5 Å². The molecule has 1 unspecified atom stereocenters. The topological polar surface area (TPSA) is 58.6 Å². The Kier molecular flexibility index (Phi) is 5.26. The number of aryl methyl sites for hydroxylation is 2. The number of nitrogens with zero attached hydrogens (tertiary/aromatic N) is 1. The Hall–Kier alpha value is -1.79. The molecule has 1 N–H and O–H groups in total. The molecular formula is C16H22N2O3S. The molecule has 0 bridgehead atoms. The van der Waals surface area contributed by atoms with Gasteiger partial charge in [-0.2, -0.15) is 0 Å². The van der Waals surface area contributed by atoms with Crippen molar-refractivity contribution in [3.63, 3.8) is 0 Å². The number of nitrogens with one attached hydrogen (secondary N) is 1. The lowest BCUT2D eigenvalue weighted by Crippen LogP contribution is -2.38. The first kappa shape index (κ1) is 16.6. The van der Waals surface area contributed by atoms with Crippen LogP contribution in [-0.4, -0.2) is 25.9 Å². The van der Waals surface area contributed by atoms with Gasteiger partial charge in [0.05, 0.1) is 5.75 Å². The quantitative estimate of drug-likeness (QED) is 0.873. The van der Waals surface area contributed by atoms with Crippen molar-refractivity contribution in [3.05, 3.63) is 59.8 Å². The lowest BCUT2D eigenvalue weighted by Gasteiger charge is -2.25. The Bertz CT molecular complexity index is 648. The molecule has 1 aromatic rings. The van der Waals surface area contributed by atoms with E-state index in [2.05, 4.69) is 4.72 Å². The zero-order valence-electron chi connectivity index (χ0n) is 13.1. The molecule has 5 nitrogen and oxygen atoms in total. The SMILES string of the molecule is Cc1cccc(C)c1CS(=O)(=O)NCC(C)N1C=COC=C1. The zero-order valence-corrected chi connectivity index (χ0v) is 13.9. The molecule has 1 aliphatic heterocycles. The number of ether oxygens (including phenoxy) is 1. The summed E-state index contributed by atoms with van der Waals surface area (Å²) in [6.07, 6.45) is 6.65. The second-order valence-electron chi connectivity index (χ2n) is 5.48. The highest BCUT2D eigenvalue weighted by atomic mass is 32.2. The number of hydrogen-bond donors (Lipinski definition) is 1. The van der Waals surface area contributed by atoms with Gasteiger partial charge in [-0.05, 0) is 37.5 Å². The number of hydrogen-bond acceptors (Lipinski definition) is 4. The van der Waals surface area contributed by atoms with Gasteiger partial charge in [-0.3, -0.25) is 0 Å². The van der Waals surface area contributed by atoms with E-state index in [0.29, 0.717) is 6.54 Å². The van der Waals surface area contributed by atoms with E-state index >= 15 is 0 Å². The van der Waals surface area contributed by atoms with Gasteiger partial charge in [0.2, 0.25) is 10.0 Å². The molecule has 1 heterocycles. The Morgan fingerprint density at radius 2 is 1.77 bits per heavy atom. The van der Waals surface area contributed by atoms with Crippen LogP contribution in [0.3, 0.4) is 0 Å². The molecule has 6 heteroatoms. The molecule has 120 valence electrons. The minimum absolute atomic E-state index is 0.00384. The van der Waals surface area contributed by atoms with Gasteiger partial charge in [0.1, 0.15) is 12.5 Å². The van der Waals surface area contributed by atoms with Crippen LogP contribution >= 0.6 is 0 Å². The van der Waals surface area contributed by atoms with E-state index in [9.17, 15) is 8.42 Å². The van der Waals surface area contributed by atoms with E-state index in [0.717, 1.165) is 16.7 Å². The first-order valence-corrected chi connectivity index (χ1v) is 8.83. The maximum atomic E-state index is 12.3. The second-order valence-corrected chi connectivity index (χ2v) is 7.29. The van der Waals surface area contributed by atoms with Crippen molar-refractivity contribution in [2.75, 3.05) is 6.54 Å². The summed E-state index contributed by atoms with van der Waals surface area (Å²) in [6.45, 7) is 6.15. The molecule has 1 aromatic carbocycles. The molecule has 0 amide bonds. The molecule has 0 saturated heterocycles. The van der Waals surface area contributed by atoms with Crippen molar-refractivity contribution in [3.8, 4) is 0 Å². The second kappa shape index (κ2) is 6.98. The summed E-state index contributed by atoms with van der Waals surface area (Å²) in [6, 6.07) is 5.81. The van der Waals surface area contributed by atoms with Crippen LogP contribution in [0.4, 0.5) is 0 Å². The van der Waals surface area contributed by atoms with Crippen LogP contribution in [0, 0.1) is 13.8 Å². The van der Waals surface area contributed by atoms with Crippen LogP contribution in [0.15, 0.2) is 43.1 Å². The van der Waals surface area contributed by atoms with Crippen molar-refractivity contribution >= 4 is 10.0 Å². The van der Waals surface area contributed by atoms with Crippen molar-refractivity contribution in [1.29, 1.82) is 0 Å². The van der Waals surface area contributed by atoms with Crippen LogP contribution < -0.4 is 4.72 Å². The van der Waals surface area contributed by atoms with Gasteiger partial charge in [-0.25, -0.2) is 13.1 Å². The molecule has 22 heavy (non-hydrogen) atoms. The highest BCUT2D eigenvalue weighted by molar-refractivity contribution is 7.88. The summed E-state index contributed by atoms with van der Waals surface area (Å²) < 4.78 is 32.2. The lowest BCUT2D eigenvalue weighted by molar-refractivity contribution is 0.309. The van der Waals surface area contributed by atoms with Crippen LogP contribution in [0.25, 0.3) is 0 Å². The van der Waals surface area contributed by atoms with E-state index in [1.54, 1.807) is 24.9 Å². The van der Waals surface area contributed by atoms with Gasteiger partial charge in [0.15, 0.2) is 0 Å². The van der Waals surface area contributed by atoms with E-state index in [1.165, 1.54) is 0 Å². The van der Waals surface area contributed by atoms with Gasteiger partial charge < -0.3 is 9.64 Å². The highest BCUT2D eigenvalue weighted by Gasteiger charge is 2.17. The molecule has 0 aromatic heterocycles. The van der Waals surface area contributed by atoms with Crippen LogP contribution in [0.5, 0.6) is 0 Å². The molecule has 0 spiro atoms. The van der Waals surface area contributed by atoms with E-state index in [-0.39, 0.29) is 11.8 Å². The van der Waals surface area contributed by atoms with E-state index in [1.807, 2.05) is 43.9 Å². The maximum absolute atomic E-state index is 12.3. The minimum atomic E-state index is -3.37. The van der Waals surface area contributed by atoms with Crippen LogP contribution in [0.2, 0.25) is 0 Å². The number of sulfonamides is 1. The summed E-state index contributed by atoms with van der Waals surface area (Å²) in [5, 5.41) is 0. The van der Waals surface area contributed by atoms with Crippen LogP contribution in [0.1, 0.15) is 23.6 Å². The molecule has 1 atom stereocenters. The van der Waals surface area contributed by atoms with Crippen molar-refractivity contribution in [2.24, 2.45) is 0 Å². The first-order chi connectivity index (χ1) is 10.4. The lowest BCUT2D eigenvalue weighted by atomic mass is 10.1. The summed E-state index contributed by atoms with van der Waals surface area (Å²) >= 11 is 0. The molecule has 0 aliphatic carbocycles. The normalized spacial score (nSPS) is 15.7. The zero-order chi connectivity index (χ0) is 16.2. The van der Waals surface area contributed by atoms with E-state index < -0.39 is 10.0 Å².